The van der Waals surface area contributed by atoms with Crippen LogP contribution in [0.1, 0.15) is 17.3 Å². The van der Waals surface area contributed by atoms with Gasteiger partial charge in [-0.05, 0) is 19.1 Å². The summed E-state index contributed by atoms with van der Waals surface area (Å²) >= 11 is 5.77. The molecule has 4 nitrogen and oxygen atoms in total. The Morgan fingerprint density at radius 3 is 3.07 bits per heavy atom. The molecule has 5 heteroatoms. The third-order valence-corrected chi connectivity index (χ3v) is 2.26. The average molecular weight is 229 g/mol. The predicted molar refractivity (Wildman–Crippen MR) is 58.1 cm³/mol. The van der Waals surface area contributed by atoms with Crippen molar-refractivity contribution in [2.75, 3.05) is 13.7 Å². The molecule has 0 radical (unpaired) electrons. The molecule has 1 aromatic heterocycles. The van der Waals surface area contributed by atoms with Crippen LogP contribution in [0.4, 0.5) is 0 Å². The number of hydrogen-bond acceptors (Lipinski definition) is 3. The summed E-state index contributed by atoms with van der Waals surface area (Å²) < 4.78 is 5.00. The van der Waals surface area contributed by atoms with Crippen LogP contribution in [-0.2, 0) is 4.74 Å². The van der Waals surface area contributed by atoms with E-state index in [1.807, 2.05) is 6.92 Å². The molecule has 1 aromatic rings. The van der Waals surface area contributed by atoms with Crippen molar-refractivity contribution in [3.05, 3.63) is 29.0 Å². The van der Waals surface area contributed by atoms with Gasteiger partial charge in [-0.1, -0.05) is 11.6 Å². The Morgan fingerprint density at radius 2 is 2.47 bits per heavy atom. The molecule has 1 N–H and O–H groups in total. The monoisotopic (exact) mass is 228 g/mol. The summed E-state index contributed by atoms with van der Waals surface area (Å²) in [6.45, 7) is 2.31. The first-order valence-corrected chi connectivity index (χ1v) is 4.94. The summed E-state index contributed by atoms with van der Waals surface area (Å²) in [6.07, 6.45) is 1.51. The van der Waals surface area contributed by atoms with Crippen molar-refractivity contribution in [2.45, 2.75) is 13.0 Å². The first kappa shape index (κ1) is 11.9. The van der Waals surface area contributed by atoms with Gasteiger partial charge in [0, 0.05) is 19.9 Å². The van der Waals surface area contributed by atoms with Gasteiger partial charge in [0.2, 0.25) is 0 Å². The SMILES string of the molecule is COC(C)CNC(=O)c1cccnc1Cl. The molecule has 0 aliphatic carbocycles. The number of carbonyl (C=O) groups is 1. The van der Waals surface area contributed by atoms with E-state index in [1.54, 1.807) is 19.2 Å². The molecule has 15 heavy (non-hydrogen) atoms. The Hall–Kier alpha value is -1.13. The van der Waals surface area contributed by atoms with Crippen LogP contribution in [0.15, 0.2) is 18.3 Å². The zero-order valence-electron chi connectivity index (χ0n) is 8.66. The Balaban J connectivity index is 2.58. The zero-order chi connectivity index (χ0) is 11.3. The van der Waals surface area contributed by atoms with Gasteiger partial charge < -0.3 is 10.1 Å². The number of pyridine rings is 1. The average Bonchev–Trinajstić information content (AvgIpc) is 2.26. The first-order chi connectivity index (χ1) is 7.15. The van der Waals surface area contributed by atoms with E-state index in [0.717, 1.165) is 0 Å². The number of methoxy groups -OCH3 is 1. The van der Waals surface area contributed by atoms with Crippen molar-refractivity contribution in [1.29, 1.82) is 0 Å². The van der Waals surface area contributed by atoms with E-state index in [2.05, 4.69) is 10.3 Å². The van der Waals surface area contributed by atoms with Crippen molar-refractivity contribution in [1.82, 2.24) is 10.3 Å². The van der Waals surface area contributed by atoms with E-state index in [4.69, 9.17) is 16.3 Å². The highest BCUT2D eigenvalue weighted by molar-refractivity contribution is 6.32. The smallest absolute Gasteiger partial charge is 0.254 e. The maximum atomic E-state index is 11.6. The minimum absolute atomic E-state index is 0.0237. The summed E-state index contributed by atoms with van der Waals surface area (Å²) in [5, 5.41) is 2.91. The van der Waals surface area contributed by atoms with Crippen LogP contribution >= 0.6 is 11.6 Å². The largest absolute Gasteiger partial charge is 0.380 e. The molecule has 0 spiro atoms. The molecule has 0 aromatic carbocycles. The Morgan fingerprint density at radius 1 is 1.73 bits per heavy atom. The molecule has 1 rings (SSSR count). The topological polar surface area (TPSA) is 51.2 Å². The molecule has 0 aliphatic rings. The minimum Gasteiger partial charge on any atom is -0.380 e. The lowest BCUT2D eigenvalue weighted by Gasteiger charge is -2.10. The first-order valence-electron chi connectivity index (χ1n) is 4.56. The van der Waals surface area contributed by atoms with Crippen molar-refractivity contribution in [2.24, 2.45) is 0 Å². The lowest BCUT2D eigenvalue weighted by Crippen LogP contribution is -2.31. The molecule has 1 atom stereocenters. The van der Waals surface area contributed by atoms with Crippen LogP contribution in [0, 0.1) is 0 Å². The fourth-order valence-electron chi connectivity index (χ4n) is 0.970. The van der Waals surface area contributed by atoms with Crippen LogP contribution in [-0.4, -0.2) is 30.6 Å². The van der Waals surface area contributed by atoms with Crippen LogP contribution in [0.25, 0.3) is 0 Å². The van der Waals surface area contributed by atoms with E-state index in [9.17, 15) is 4.79 Å². The summed E-state index contributed by atoms with van der Waals surface area (Å²) in [4.78, 5) is 15.4. The number of nitrogens with one attached hydrogen (secondary N) is 1. The Labute approximate surface area is 93.6 Å². The van der Waals surface area contributed by atoms with Gasteiger partial charge in [0.15, 0.2) is 0 Å². The lowest BCUT2D eigenvalue weighted by atomic mass is 10.2. The van der Waals surface area contributed by atoms with Crippen molar-refractivity contribution >= 4 is 17.5 Å². The fourth-order valence-corrected chi connectivity index (χ4v) is 1.18. The highest BCUT2D eigenvalue weighted by Gasteiger charge is 2.10. The highest BCUT2D eigenvalue weighted by atomic mass is 35.5. The molecule has 0 saturated carbocycles. The lowest BCUT2D eigenvalue weighted by molar-refractivity contribution is 0.0870. The van der Waals surface area contributed by atoms with Gasteiger partial charge in [-0.2, -0.15) is 0 Å². The van der Waals surface area contributed by atoms with E-state index in [-0.39, 0.29) is 17.2 Å². The highest BCUT2D eigenvalue weighted by Crippen LogP contribution is 2.10. The van der Waals surface area contributed by atoms with Gasteiger partial charge in [-0.15, -0.1) is 0 Å². The normalized spacial score (nSPS) is 12.2. The van der Waals surface area contributed by atoms with Crippen molar-refractivity contribution in [3.63, 3.8) is 0 Å². The summed E-state index contributed by atoms with van der Waals surface area (Å²) in [5.74, 6) is -0.239. The van der Waals surface area contributed by atoms with Gasteiger partial charge in [0.1, 0.15) is 5.15 Å². The molecule has 1 amide bonds. The molecule has 0 fully saturated rings. The Bertz CT molecular complexity index is 344. The third kappa shape index (κ3) is 3.49. The van der Waals surface area contributed by atoms with Crippen LogP contribution in [0.5, 0.6) is 0 Å². The van der Waals surface area contributed by atoms with Gasteiger partial charge in [-0.25, -0.2) is 4.98 Å². The maximum absolute atomic E-state index is 11.6. The molecule has 82 valence electrons. The van der Waals surface area contributed by atoms with Gasteiger partial charge >= 0.3 is 0 Å². The standard InChI is InChI=1S/C10H13ClN2O2/c1-7(15-2)6-13-10(14)8-4-3-5-12-9(8)11/h3-5,7H,6H2,1-2H3,(H,13,14). The molecular weight excluding hydrogens is 216 g/mol. The van der Waals surface area contributed by atoms with E-state index >= 15 is 0 Å². The second kappa shape index (κ2) is 5.68. The molecule has 1 heterocycles. The molecular formula is C10H13ClN2O2. The summed E-state index contributed by atoms with van der Waals surface area (Å²) in [6, 6.07) is 3.29. The van der Waals surface area contributed by atoms with E-state index in [1.165, 1.54) is 6.20 Å². The molecule has 0 saturated heterocycles. The van der Waals surface area contributed by atoms with Gasteiger partial charge in [-0.3, -0.25) is 4.79 Å². The number of rotatable bonds is 4. The number of nitrogens with zero attached hydrogens (tertiary/aromatic N) is 1. The Kier molecular flexibility index (Phi) is 4.52. The van der Waals surface area contributed by atoms with Gasteiger partial charge in [0.05, 0.1) is 11.7 Å². The fraction of sp³-hybridized carbons (Fsp3) is 0.400. The molecule has 0 bridgehead atoms. The quantitative estimate of drug-likeness (QED) is 0.795. The van der Waals surface area contributed by atoms with Crippen molar-refractivity contribution in [3.8, 4) is 0 Å². The minimum atomic E-state index is -0.239. The van der Waals surface area contributed by atoms with Gasteiger partial charge in [0.25, 0.3) is 5.91 Å². The van der Waals surface area contributed by atoms with Crippen molar-refractivity contribution < 1.29 is 9.53 Å². The number of ether oxygens (including phenoxy) is 1. The zero-order valence-corrected chi connectivity index (χ0v) is 9.41. The predicted octanol–water partition coefficient (Wildman–Crippen LogP) is 1.50. The number of halogens is 1. The van der Waals surface area contributed by atoms with Crippen LogP contribution in [0.2, 0.25) is 5.15 Å². The van der Waals surface area contributed by atoms with E-state index in [0.29, 0.717) is 12.1 Å². The number of hydrogen-bond donors (Lipinski definition) is 1. The van der Waals surface area contributed by atoms with E-state index < -0.39 is 0 Å². The number of amides is 1. The third-order valence-electron chi connectivity index (χ3n) is 1.96. The second-order valence-corrected chi connectivity index (χ2v) is 3.46. The summed E-state index contributed by atoms with van der Waals surface area (Å²) in [5.41, 5.74) is 0.377. The second-order valence-electron chi connectivity index (χ2n) is 3.10. The molecule has 0 aliphatic heterocycles. The molecule has 1 unspecified atom stereocenters. The maximum Gasteiger partial charge on any atom is 0.254 e. The number of carbonyl (C=O) groups excluding carboxylic acids is 1. The summed E-state index contributed by atoms with van der Waals surface area (Å²) in [7, 11) is 1.59. The number of aromatic nitrogens is 1. The van der Waals surface area contributed by atoms with Crippen LogP contribution in [0.3, 0.4) is 0 Å². The van der Waals surface area contributed by atoms with Crippen LogP contribution < -0.4 is 5.32 Å².